The maximum absolute atomic E-state index is 13.0. The molecule has 2 aromatic carbocycles. The summed E-state index contributed by atoms with van der Waals surface area (Å²) in [4.78, 5) is 30.5. The van der Waals surface area contributed by atoms with Gasteiger partial charge in [-0.05, 0) is 61.5 Å². The normalized spacial score (nSPS) is 11.8. The lowest BCUT2D eigenvalue weighted by Crippen LogP contribution is -2.35. The van der Waals surface area contributed by atoms with Crippen LogP contribution < -0.4 is 15.9 Å². The van der Waals surface area contributed by atoms with Gasteiger partial charge in [-0.3, -0.25) is 14.2 Å². The summed E-state index contributed by atoms with van der Waals surface area (Å²) in [5.41, 5.74) is 0.213. The molecule has 0 spiro atoms. The number of hydrogen-bond acceptors (Lipinski definition) is 5. The van der Waals surface area contributed by atoms with Gasteiger partial charge in [-0.15, -0.1) is 0 Å². The van der Waals surface area contributed by atoms with E-state index in [9.17, 15) is 31.2 Å². The van der Waals surface area contributed by atoms with Gasteiger partial charge in [0.25, 0.3) is 11.5 Å². The molecule has 1 aromatic heterocycles. The number of sulfone groups is 1. The van der Waals surface area contributed by atoms with Gasteiger partial charge in [0.15, 0.2) is 15.6 Å². The summed E-state index contributed by atoms with van der Waals surface area (Å²) >= 11 is 0. The van der Waals surface area contributed by atoms with Crippen LogP contribution in [0, 0.1) is 6.92 Å². The Balaban J connectivity index is 1.87. The molecule has 32 heavy (non-hydrogen) atoms. The average Bonchev–Trinajstić information content (AvgIpc) is 2.71. The Labute approximate surface area is 180 Å². The van der Waals surface area contributed by atoms with Gasteiger partial charge in [-0.2, -0.15) is 18.7 Å². The smallest absolute Gasteiger partial charge is 0.379 e. The summed E-state index contributed by atoms with van der Waals surface area (Å²) in [7, 11) is -3.40. The lowest BCUT2D eigenvalue weighted by molar-refractivity contribution is -0.137. The standard InChI is InChI=1S/C21H17F3N2O5S/c1-13-6-11-18(19(27)25-31-16-7-9-17(10-8-16)32(2,29)30)20(28)26(13)15-5-3-4-14(12-15)21(22,23)24/h3-12H,1-2H3,(H,25,27). The number of carbonyl (C=O) groups is 1. The molecule has 168 valence electrons. The quantitative estimate of drug-likeness (QED) is 0.583. The van der Waals surface area contributed by atoms with Crippen molar-refractivity contribution in [2.75, 3.05) is 6.26 Å². The Hall–Kier alpha value is -3.60. The van der Waals surface area contributed by atoms with Crippen LogP contribution >= 0.6 is 0 Å². The predicted molar refractivity (Wildman–Crippen MR) is 109 cm³/mol. The minimum absolute atomic E-state index is 0.0470. The summed E-state index contributed by atoms with van der Waals surface area (Å²) in [6.07, 6.45) is -3.56. The number of benzene rings is 2. The van der Waals surface area contributed by atoms with E-state index in [2.05, 4.69) is 5.48 Å². The molecule has 0 aliphatic carbocycles. The molecule has 0 unspecified atom stereocenters. The van der Waals surface area contributed by atoms with Crippen molar-refractivity contribution >= 4 is 15.7 Å². The predicted octanol–water partition coefficient (Wildman–Crippen LogP) is 3.29. The fraction of sp³-hybridized carbons (Fsp3) is 0.143. The Morgan fingerprint density at radius 3 is 2.28 bits per heavy atom. The number of hydrogen-bond donors (Lipinski definition) is 1. The molecule has 0 radical (unpaired) electrons. The summed E-state index contributed by atoms with van der Waals surface area (Å²) in [5.74, 6) is -0.820. The summed E-state index contributed by atoms with van der Waals surface area (Å²) in [5, 5.41) is 0. The highest BCUT2D eigenvalue weighted by Gasteiger charge is 2.30. The molecule has 7 nitrogen and oxygen atoms in total. The number of nitrogens with zero attached hydrogens (tertiary/aromatic N) is 1. The van der Waals surface area contributed by atoms with Gasteiger partial charge in [-0.25, -0.2) is 8.42 Å². The maximum atomic E-state index is 13.0. The molecule has 0 aliphatic rings. The first-order valence-corrected chi connectivity index (χ1v) is 10.9. The first-order valence-electron chi connectivity index (χ1n) is 9.05. The van der Waals surface area contributed by atoms with E-state index < -0.39 is 33.0 Å². The fourth-order valence-corrected chi connectivity index (χ4v) is 3.49. The molecule has 0 fully saturated rings. The van der Waals surface area contributed by atoms with Crippen molar-refractivity contribution in [3.63, 3.8) is 0 Å². The van der Waals surface area contributed by atoms with E-state index in [-0.39, 0.29) is 21.9 Å². The SMILES string of the molecule is Cc1ccc(C(=O)NOc2ccc(S(C)(=O)=O)cc2)c(=O)n1-c1cccc(C(F)(F)F)c1. The zero-order valence-electron chi connectivity index (χ0n) is 16.8. The summed E-state index contributed by atoms with van der Waals surface area (Å²) in [6.45, 7) is 1.52. The molecule has 0 aliphatic heterocycles. The second-order valence-corrected chi connectivity index (χ2v) is 8.87. The Bertz CT molecular complexity index is 1330. The Kier molecular flexibility index (Phi) is 6.13. The van der Waals surface area contributed by atoms with E-state index in [0.717, 1.165) is 23.0 Å². The second kappa shape index (κ2) is 8.50. The van der Waals surface area contributed by atoms with Crippen molar-refractivity contribution in [3.8, 4) is 11.4 Å². The van der Waals surface area contributed by atoms with Crippen LogP contribution in [0.25, 0.3) is 5.69 Å². The van der Waals surface area contributed by atoms with Crippen molar-refractivity contribution in [1.29, 1.82) is 0 Å². The molecule has 1 amide bonds. The average molecular weight is 466 g/mol. The third-order valence-electron chi connectivity index (χ3n) is 4.47. The van der Waals surface area contributed by atoms with Gasteiger partial charge < -0.3 is 4.84 Å². The number of aryl methyl sites for hydroxylation is 1. The highest BCUT2D eigenvalue weighted by atomic mass is 32.2. The Morgan fingerprint density at radius 2 is 1.69 bits per heavy atom. The van der Waals surface area contributed by atoms with E-state index in [4.69, 9.17) is 4.84 Å². The highest BCUT2D eigenvalue weighted by molar-refractivity contribution is 7.90. The number of carbonyl (C=O) groups excluding carboxylic acids is 1. The number of alkyl halides is 3. The van der Waals surface area contributed by atoms with Gasteiger partial charge in [-0.1, -0.05) is 6.07 Å². The van der Waals surface area contributed by atoms with Crippen molar-refractivity contribution in [2.45, 2.75) is 18.0 Å². The molecule has 0 atom stereocenters. The van der Waals surface area contributed by atoms with Crippen molar-refractivity contribution in [2.24, 2.45) is 0 Å². The molecular weight excluding hydrogens is 449 g/mol. The van der Waals surface area contributed by atoms with Gasteiger partial charge >= 0.3 is 6.18 Å². The largest absolute Gasteiger partial charge is 0.416 e. The minimum atomic E-state index is -4.59. The van der Waals surface area contributed by atoms with Crippen LogP contribution in [0.2, 0.25) is 0 Å². The first kappa shape index (κ1) is 23.1. The lowest BCUT2D eigenvalue weighted by atomic mass is 10.1. The monoisotopic (exact) mass is 466 g/mol. The molecule has 1 N–H and O–H groups in total. The van der Waals surface area contributed by atoms with E-state index in [0.29, 0.717) is 5.69 Å². The van der Waals surface area contributed by atoms with E-state index in [1.165, 1.54) is 55.5 Å². The molecule has 0 saturated carbocycles. The number of rotatable bonds is 5. The minimum Gasteiger partial charge on any atom is -0.379 e. The fourth-order valence-electron chi connectivity index (χ4n) is 2.86. The van der Waals surface area contributed by atoms with Gasteiger partial charge in [0.2, 0.25) is 0 Å². The zero-order chi connectivity index (χ0) is 23.7. The van der Waals surface area contributed by atoms with E-state index in [1.54, 1.807) is 0 Å². The van der Waals surface area contributed by atoms with Crippen LogP contribution in [0.5, 0.6) is 5.75 Å². The maximum Gasteiger partial charge on any atom is 0.416 e. The van der Waals surface area contributed by atoms with Crippen LogP contribution in [0.4, 0.5) is 13.2 Å². The molecule has 3 aromatic rings. The molecule has 1 heterocycles. The van der Waals surface area contributed by atoms with Crippen LogP contribution in [0.1, 0.15) is 21.6 Å². The van der Waals surface area contributed by atoms with Crippen molar-refractivity contribution < 1.29 is 31.2 Å². The third kappa shape index (κ3) is 4.99. The molecule has 3 rings (SSSR count). The number of hydroxylamine groups is 1. The van der Waals surface area contributed by atoms with E-state index >= 15 is 0 Å². The number of pyridine rings is 1. The molecular formula is C21H17F3N2O5S. The number of nitrogens with one attached hydrogen (secondary N) is 1. The third-order valence-corrected chi connectivity index (χ3v) is 5.60. The van der Waals surface area contributed by atoms with Gasteiger partial charge in [0.1, 0.15) is 5.56 Å². The topological polar surface area (TPSA) is 94.5 Å². The van der Waals surface area contributed by atoms with E-state index in [1.807, 2.05) is 0 Å². The van der Waals surface area contributed by atoms with Gasteiger partial charge in [0, 0.05) is 17.6 Å². The van der Waals surface area contributed by atoms with Crippen molar-refractivity contribution in [1.82, 2.24) is 10.0 Å². The van der Waals surface area contributed by atoms with Crippen molar-refractivity contribution in [3.05, 3.63) is 87.8 Å². The number of halogens is 3. The molecule has 0 saturated heterocycles. The summed E-state index contributed by atoms with van der Waals surface area (Å²) < 4.78 is 63.1. The summed E-state index contributed by atoms with van der Waals surface area (Å²) in [6, 6.07) is 12.0. The molecule has 0 bridgehead atoms. The van der Waals surface area contributed by atoms with Crippen LogP contribution in [-0.2, 0) is 16.0 Å². The molecule has 11 heteroatoms. The second-order valence-electron chi connectivity index (χ2n) is 6.85. The van der Waals surface area contributed by atoms with Crippen LogP contribution in [0.3, 0.4) is 0 Å². The van der Waals surface area contributed by atoms with Gasteiger partial charge in [0.05, 0.1) is 10.5 Å². The lowest BCUT2D eigenvalue weighted by Gasteiger charge is -2.14. The zero-order valence-corrected chi connectivity index (χ0v) is 17.6. The first-order chi connectivity index (χ1) is 14.9. The Morgan fingerprint density at radius 1 is 1.03 bits per heavy atom. The van der Waals surface area contributed by atoms with Crippen LogP contribution in [0.15, 0.2) is 70.4 Å². The number of amides is 1. The number of aromatic nitrogens is 1. The van der Waals surface area contributed by atoms with Crippen LogP contribution in [-0.4, -0.2) is 25.1 Å². The highest BCUT2D eigenvalue weighted by Crippen LogP contribution is 2.30.